The SMILES string of the molecule is CN(C)c1ccc(NC(=O)Nc2ccc(OC(F)(F)F)cc2)c(Oc2ccccc2C(C)(C)C)n1. The molecule has 0 saturated heterocycles. The molecule has 0 atom stereocenters. The predicted octanol–water partition coefficient (Wildman–Crippen LogP) is 6.78. The summed E-state index contributed by atoms with van der Waals surface area (Å²) in [6.45, 7) is 6.20. The van der Waals surface area contributed by atoms with Crippen molar-refractivity contribution in [1.29, 1.82) is 0 Å². The van der Waals surface area contributed by atoms with Gasteiger partial charge in [-0.15, -0.1) is 13.2 Å². The summed E-state index contributed by atoms with van der Waals surface area (Å²) in [7, 11) is 3.67. The van der Waals surface area contributed by atoms with E-state index in [1.807, 2.05) is 38.4 Å². The molecule has 0 saturated carbocycles. The van der Waals surface area contributed by atoms with Crippen molar-refractivity contribution in [3.05, 3.63) is 66.2 Å². The minimum absolute atomic E-state index is 0.192. The van der Waals surface area contributed by atoms with Crippen LogP contribution in [0.3, 0.4) is 0 Å². The van der Waals surface area contributed by atoms with E-state index in [4.69, 9.17) is 4.74 Å². The molecule has 0 unspecified atom stereocenters. The van der Waals surface area contributed by atoms with Gasteiger partial charge in [0, 0.05) is 25.3 Å². The third-order valence-corrected chi connectivity index (χ3v) is 4.80. The number of rotatable bonds is 6. The number of urea groups is 1. The van der Waals surface area contributed by atoms with Crippen LogP contribution in [0.15, 0.2) is 60.7 Å². The molecule has 0 bridgehead atoms. The number of pyridine rings is 1. The second-order valence-corrected chi connectivity index (χ2v) is 8.92. The zero-order valence-corrected chi connectivity index (χ0v) is 20.0. The van der Waals surface area contributed by atoms with Crippen LogP contribution in [0.5, 0.6) is 17.4 Å². The van der Waals surface area contributed by atoms with Gasteiger partial charge in [0.1, 0.15) is 23.0 Å². The van der Waals surface area contributed by atoms with Gasteiger partial charge in [-0.05, 0) is 47.9 Å². The Bertz CT molecular complexity index is 1170. The molecule has 2 amide bonds. The van der Waals surface area contributed by atoms with Crippen LogP contribution in [0.25, 0.3) is 0 Å². The molecule has 0 aliphatic rings. The van der Waals surface area contributed by atoms with Gasteiger partial charge in [0.2, 0.25) is 5.88 Å². The molecule has 35 heavy (non-hydrogen) atoms. The average Bonchev–Trinajstić information content (AvgIpc) is 2.75. The minimum Gasteiger partial charge on any atom is -0.437 e. The molecule has 3 rings (SSSR count). The van der Waals surface area contributed by atoms with Gasteiger partial charge in [-0.1, -0.05) is 39.0 Å². The van der Waals surface area contributed by atoms with E-state index in [1.165, 1.54) is 12.1 Å². The van der Waals surface area contributed by atoms with E-state index >= 15 is 0 Å². The Morgan fingerprint density at radius 1 is 0.914 bits per heavy atom. The molecule has 0 fully saturated rings. The molecule has 0 aliphatic carbocycles. The zero-order valence-electron chi connectivity index (χ0n) is 20.0. The van der Waals surface area contributed by atoms with Crippen molar-refractivity contribution in [2.24, 2.45) is 0 Å². The minimum atomic E-state index is -4.79. The number of para-hydroxylation sites is 1. The maximum absolute atomic E-state index is 12.6. The fraction of sp³-hybridized carbons (Fsp3) is 0.280. The number of amides is 2. The first-order valence-electron chi connectivity index (χ1n) is 10.7. The lowest BCUT2D eigenvalue weighted by molar-refractivity contribution is -0.274. The van der Waals surface area contributed by atoms with Crippen molar-refractivity contribution in [2.75, 3.05) is 29.6 Å². The number of hydrogen-bond donors (Lipinski definition) is 2. The lowest BCUT2D eigenvalue weighted by atomic mass is 9.86. The Morgan fingerprint density at radius 2 is 1.57 bits per heavy atom. The number of benzene rings is 2. The summed E-state index contributed by atoms with van der Waals surface area (Å²) in [4.78, 5) is 19.0. The monoisotopic (exact) mass is 488 g/mol. The number of nitrogens with one attached hydrogen (secondary N) is 2. The standard InChI is InChI=1S/C25H27F3N4O3/c1-24(2,3)18-8-6-7-9-20(18)34-22-19(14-15-21(31-22)32(4)5)30-23(33)29-16-10-12-17(13-11-16)35-25(26,27)28/h6-15H,1-5H3,(H2,29,30,33). The number of aromatic nitrogens is 1. The molecular weight excluding hydrogens is 461 g/mol. The van der Waals surface area contributed by atoms with Crippen LogP contribution in [0.1, 0.15) is 26.3 Å². The van der Waals surface area contributed by atoms with Crippen molar-refractivity contribution in [3.63, 3.8) is 0 Å². The molecule has 0 radical (unpaired) electrons. The summed E-state index contributed by atoms with van der Waals surface area (Å²) in [6.07, 6.45) is -4.79. The van der Waals surface area contributed by atoms with Crippen LogP contribution in [0.2, 0.25) is 0 Å². The Kier molecular flexibility index (Phi) is 7.42. The zero-order chi connectivity index (χ0) is 25.8. The average molecular weight is 489 g/mol. The van der Waals surface area contributed by atoms with E-state index in [0.29, 0.717) is 17.3 Å². The smallest absolute Gasteiger partial charge is 0.437 e. The molecule has 1 aromatic heterocycles. The highest BCUT2D eigenvalue weighted by Crippen LogP contribution is 2.36. The van der Waals surface area contributed by atoms with Crippen molar-refractivity contribution in [2.45, 2.75) is 32.5 Å². The number of ether oxygens (including phenoxy) is 2. The lowest BCUT2D eigenvalue weighted by Gasteiger charge is -2.23. The van der Waals surface area contributed by atoms with E-state index < -0.39 is 12.4 Å². The molecule has 0 spiro atoms. The van der Waals surface area contributed by atoms with E-state index in [-0.39, 0.29) is 22.7 Å². The van der Waals surface area contributed by atoms with Crippen molar-refractivity contribution >= 4 is 23.2 Å². The summed E-state index contributed by atoms with van der Waals surface area (Å²) in [6, 6.07) is 15.2. The topological polar surface area (TPSA) is 75.7 Å². The third-order valence-electron chi connectivity index (χ3n) is 4.80. The molecule has 0 aliphatic heterocycles. The number of hydrogen-bond acceptors (Lipinski definition) is 5. The predicted molar refractivity (Wildman–Crippen MR) is 130 cm³/mol. The number of carbonyl (C=O) groups is 1. The van der Waals surface area contributed by atoms with Gasteiger partial charge in [-0.25, -0.2) is 4.79 Å². The molecule has 2 aromatic carbocycles. The van der Waals surface area contributed by atoms with Gasteiger partial charge in [0.15, 0.2) is 0 Å². The van der Waals surface area contributed by atoms with Gasteiger partial charge in [-0.3, -0.25) is 0 Å². The maximum atomic E-state index is 12.6. The van der Waals surface area contributed by atoms with E-state index in [9.17, 15) is 18.0 Å². The van der Waals surface area contributed by atoms with E-state index in [2.05, 4.69) is 41.1 Å². The molecule has 3 aromatic rings. The van der Waals surface area contributed by atoms with Gasteiger partial charge >= 0.3 is 12.4 Å². The van der Waals surface area contributed by atoms with E-state index in [0.717, 1.165) is 17.7 Å². The number of carbonyl (C=O) groups excluding carboxylic acids is 1. The highest BCUT2D eigenvalue weighted by atomic mass is 19.4. The first-order chi connectivity index (χ1) is 16.3. The number of alkyl halides is 3. The highest BCUT2D eigenvalue weighted by molar-refractivity contribution is 6.00. The van der Waals surface area contributed by atoms with Crippen LogP contribution in [0.4, 0.5) is 35.2 Å². The number of halogens is 3. The van der Waals surface area contributed by atoms with Gasteiger partial charge in [0.05, 0.1) is 0 Å². The molecule has 2 N–H and O–H groups in total. The Hall–Kier alpha value is -3.95. The van der Waals surface area contributed by atoms with Gasteiger partial charge in [0.25, 0.3) is 0 Å². The third kappa shape index (κ3) is 7.26. The molecular formula is C25H27F3N4O3. The highest BCUT2D eigenvalue weighted by Gasteiger charge is 2.31. The summed E-state index contributed by atoms with van der Waals surface area (Å²) in [5.41, 5.74) is 1.36. The second kappa shape index (κ2) is 10.1. The molecule has 7 nitrogen and oxygen atoms in total. The maximum Gasteiger partial charge on any atom is 0.573 e. The summed E-state index contributed by atoms with van der Waals surface area (Å²) < 4.78 is 47.0. The fourth-order valence-electron chi connectivity index (χ4n) is 3.16. The summed E-state index contributed by atoms with van der Waals surface area (Å²) in [5.74, 6) is 1.03. The Labute approximate surface area is 201 Å². The normalized spacial score (nSPS) is 11.5. The molecule has 10 heteroatoms. The van der Waals surface area contributed by atoms with Crippen molar-refractivity contribution in [1.82, 2.24) is 4.98 Å². The van der Waals surface area contributed by atoms with Crippen LogP contribution in [-0.4, -0.2) is 31.5 Å². The van der Waals surface area contributed by atoms with Crippen LogP contribution < -0.4 is 25.0 Å². The quantitative estimate of drug-likeness (QED) is 0.400. The molecule has 1 heterocycles. The Balaban J connectivity index is 1.82. The van der Waals surface area contributed by atoms with Gasteiger partial charge < -0.3 is 25.0 Å². The first-order valence-corrected chi connectivity index (χ1v) is 10.7. The van der Waals surface area contributed by atoms with Crippen LogP contribution >= 0.6 is 0 Å². The largest absolute Gasteiger partial charge is 0.573 e. The molecule has 186 valence electrons. The number of nitrogens with zero attached hydrogens (tertiary/aromatic N) is 2. The summed E-state index contributed by atoms with van der Waals surface area (Å²) in [5, 5.41) is 5.25. The summed E-state index contributed by atoms with van der Waals surface area (Å²) >= 11 is 0. The van der Waals surface area contributed by atoms with E-state index in [1.54, 1.807) is 17.0 Å². The second-order valence-electron chi connectivity index (χ2n) is 8.92. The van der Waals surface area contributed by atoms with Crippen molar-refractivity contribution < 1.29 is 27.4 Å². The van der Waals surface area contributed by atoms with Crippen LogP contribution in [-0.2, 0) is 5.41 Å². The van der Waals surface area contributed by atoms with Crippen molar-refractivity contribution in [3.8, 4) is 17.4 Å². The first kappa shape index (κ1) is 25.7. The Morgan fingerprint density at radius 3 is 2.17 bits per heavy atom. The van der Waals surface area contributed by atoms with Gasteiger partial charge in [-0.2, -0.15) is 4.98 Å². The number of anilines is 3. The lowest BCUT2D eigenvalue weighted by Crippen LogP contribution is -2.21. The van der Waals surface area contributed by atoms with Crippen LogP contribution in [0, 0.1) is 0 Å². The fourth-order valence-corrected chi connectivity index (χ4v) is 3.16.